The summed E-state index contributed by atoms with van der Waals surface area (Å²) in [6.07, 6.45) is 0. The smallest absolute Gasteiger partial charge is 0.241 e. The Morgan fingerprint density at radius 2 is 2.11 bits per heavy atom. The van der Waals surface area contributed by atoms with E-state index in [4.69, 9.17) is 16.3 Å². The molecule has 1 amide bonds. The van der Waals surface area contributed by atoms with E-state index >= 15 is 0 Å². The predicted molar refractivity (Wildman–Crippen MR) is 78.2 cm³/mol. The first-order valence-electron chi connectivity index (χ1n) is 5.61. The minimum Gasteiger partial charge on any atom is -0.497 e. The molecule has 2 aromatic rings. The zero-order valence-corrected chi connectivity index (χ0v) is 12.1. The minimum atomic E-state index is -0.253. The van der Waals surface area contributed by atoms with E-state index < -0.39 is 0 Å². The van der Waals surface area contributed by atoms with Crippen LogP contribution in [0.5, 0.6) is 5.75 Å². The second kappa shape index (κ2) is 6.04. The lowest BCUT2D eigenvalue weighted by Gasteiger charge is -2.01. The Hall–Kier alpha value is -1.59. The van der Waals surface area contributed by atoms with Crippen molar-refractivity contribution in [1.29, 1.82) is 0 Å². The molecule has 1 aromatic carbocycles. The number of nitrogens with one attached hydrogen (secondary N) is 1. The zero-order chi connectivity index (χ0) is 13.8. The number of methoxy groups -OCH3 is 1. The van der Waals surface area contributed by atoms with Crippen molar-refractivity contribution >= 4 is 34.0 Å². The van der Waals surface area contributed by atoms with E-state index in [0.29, 0.717) is 5.13 Å². The first kappa shape index (κ1) is 13.8. The lowest BCUT2D eigenvalue weighted by molar-refractivity contribution is -0.113. The number of rotatable bonds is 4. The fraction of sp³-hybridized carbons (Fsp3) is 0.231. The number of ether oxygens (including phenoxy) is 1. The average molecular weight is 297 g/mol. The van der Waals surface area contributed by atoms with Gasteiger partial charge in [0.25, 0.3) is 0 Å². The molecule has 6 heteroatoms. The summed E-state index contributed by atoms with van der Waals surface area (Å²) in [7, 11) is 1.63. The van der Waals surface area contributed by atoms with E-state index in [9.17, 15) is 4.79 Å². The Kier molecular flexibility index (Phi) is 4.39. The second-order valence-corrected chi connectivity index (χ2v) is 5.30. The van der Waals surface area contributed by atoms with Crippen molar-refractivity contribution in [2.75, 3.05) is 18.3 Å². The Morgan fingerprint density at radius 3 is 2.68 bits per heavy atom. The first-order valence-corrected chi connectivity index (χ1v) is 6.97. The molecule has 2 rings (SSSR count). The highest BCUT2D eigenvalue weighted by molar-refractivity contribution is 7.16. The van der Waals surface area contributed by atoms with Crippen LogP contribution in [0.1, 0.15) is 4.88 Å². The maximum absolute atomic E-state index is 11.2. The van der Waals surface area contributed by atoms with Crippen LogP contribution in [0.25, 0.3) is 11.3 Å². The molecule has 0 aliphatic carbocycles. The van der Waals surface area contributed by atoms with Gasteiger partial charge in [-0.15, -0.1) is 22.9 Å². The third kappa shape index (κ3) is 3.24. The Bertz CT molecular complexity index is 581. The normalized spacial score (nSPS) is 10.3. The number of hydrogen-bond acceptors (Lipinski definition) is 4. The highest BCUT2D eigenvalue weighted by Crippen LogP contribution is 2.31. The van der Waals surface area contributed by atoms with Gasteiger partial charge < -0.3 is 10.1 Å². The van der Waals surface area contributed by atoms with E-state index in [-0.39, 0.29) is 11.8 Å². The van der Waals surface area contributed by atoms with Crippen molar-refractivity contribution in [3.05, 3.63) is 29.1 Å². The van der Waals surface area contributed by atoms with Gasteiger partial charge in [-0.1, -0.05) is 0 Å². The number of thiazole rings is 1. The van der Waals surface area contributed by atoms with Gasteiger partial charge in [0, 0.05) is 10.4 Å². The summed E-state index contributed by atoms with van der Waals surface area (Å²) in [5.74, 6) is 0.472. The SMILES string of the molecule is COc1ccc(-c2nc(NC(=O)CCl)sc2C)cc1. The van der Waals surface area contributed by atoms with Gasteiger partial charge >= 0.3 is 0 Å². The van der Waals surface area contributed by atoms with Crippen molar-refractivity contribution in [3.8, 4) is 17.0 Å². The van der Waals surface area contributed by atoms with Crippen LogP contribution in [0.4, 0.5) is 5.13 Å². The molecule has 0 aliphatic heterocycles. The summed E-state index contributed by atoms with van der Waals surface area (Å²) in [5, 5.41) is 3.22. The number of nitrogens with zero attached hydrogens (tertiary/aromatic N) is 1. The first-order chi connectivity index (χ1) is 9.13. The third-order valence-electron chi connectivity index (χ3n) is 2.53. The number of aromatic nitrogens is 1. The van der Waals surface area contributed by atoms with Crippen molar-refractivity contribution in [3.63, 3.8) is 0 Å². The second-order valence-electron chi connectivity index (χ2n) is 3.83. The topological polar surface area (TPSA) is 51.2 Å². The van der Waals surface area contributed by atoms with E-state index in [1.807, 2.05) is 31.2 Å². The molecule has 0 aliphatic rings. The molecular weight excluding hydrogens is 284 g/mol. The van der Waals surface area contributed by atoms with Gasteiger partial charge in [-0.25, -0.2) is 4.98 Å². The predicted octanol–water partition coefficient (Wildman–Crippen LogP) is 3.30. The number of anilines is 1. The van der Waals surface area contributed by atoms with Crippen LogP contribution in [-0.4, -0.2) is 23.9 Å². The number of halogens is 1. The molecule has 0 unspecified atom stereocenters. The summed E-state index contributed by atoms with van der Waals surface area (Å²) in [6.45, 7) is 1.97. The summed E-state index contributed by atoms with van der Waals surface area (Å²) >= 11 is 6.88. The van der Waals surface area contributed by atoms with E-state index in [1.54, 1.807) is 7.11 Å². The zero-order valence-electron chi connectivity index (χ0n) is 10.6. The summed E-state index contributed by atoms with van der Waals surface area (Å²) in [4.78, 5) is 16.7. The lowest BCUT2D eigenvalue weighted by atomic mass is 10.1. The number of carbonyl (C=O) groups is 1. The van der Waals surface area contributed by atoms with Crippen LogP contribution in [0, 0.1) is 6.92 Å². The largest absolute Gasteiger partial charge is 0.497 e. The summed E-state index contributed by atoms with van der Waals surface area (Å²) in [5.41, 5.74) is 1.85. The number of aryl methyl sites for hydroxylation is 1. The van der Waals surface area contributed by atoms with E-state index in [0.717, 1.165) is 21.9 Å². The fourth-order valence-corrected chi connectivity index (χ4v) is 2.54. The van der Waals surface area contributed by atoms with Crippen LogP contribution >= 0.6 is 22.9 Å². The number of benzene rings is 1. The van der Waals surface area contributed by atoms with Gasteiger partial charge in [0.1, 0.15) is 11.6 Å². The van der Waals surface area contributed by atoms with Gasteiger partial charge in [0.15, 0.2) is 5.13 Å². The average Bonchev–Trinajstić information content (AvgIpc) is 2.79. The maximum atomic E-state index is 11.2. The molecule has 4 nitrogen and oxygen atoms in total. The standard InChI is InChI=1S/C13H13ClN2O2S/c1-8-12(9-3-5-10(18-2)6-4-9)16-13(19-8)15-11(17)7-14/h3-6H,7H2,1-2H3,(H,15,16,17). The maximum Gasteiger partial charge on any atom is 0.241 e. The molecule has 0 fully saturated rings. The highest BCUT2D eigenvalue weighted by atomic mass is 35.5. The van der Waals surface area contributed by atoms with Crippen molar-refractivity contribution in [2.24, 2.45) is 0 Å². The van der Waals surface area contributed by atoms with Gasteiger partial charge in [0.2, 0.25) is 5.91 Å². The Labute approximate surface area is 120 Å². The number of carbonyl (C=O) groups excluding carboxylic acids is 1. The molecule has 0 saturated heterocycles. The van der Waals surface area contributed by atoms with Gasteiger partial charge in [-0.3, -0.25) is 4.79 Å². The van der Waals surface area contributed by atoms with Crippen molar-refractivity contribution < 1.29 is 9.53 Å². The molecule has 19 heavy (non-hydrogen) atoms. The fourth-order valence-electron chi connectivity index (χ4n) is 1.62. The van der Waals surface area contributed by atoms with Gasteiger partial charge in [0.05, 0.1) is 12.8 Å². The molecule has 100 valence electrons. The van der Waals surface area contributed by atoms with Gasteiger partial charge in [-0.2, -0.15) is 0 Å². The molecule has 0 spiro atoms. The molecule has 0 saturated carbocycles. The molecular formula is C13H13ClN2O2S. The molecule has 0 atom stereocenters. The number of alkyl halides is 1. The van der Waals surface area contributed by atoms with Crippen LogP contribution in [0.2, 0.25) is 0 Å². The highest BCUT2D eigenvalue weighted by Gasteiger charge is 2.11. The monoisotopic (exact) mass is 296 g/mol. The van der Waals surface area contributed by atoms with Crippen molar-refractivity contribution in [2.45, 2.75) is 6.92 Å². The van der Waals surface area contributed by atoms with Crippen LogP contribution in [0.3, 0.4) is 0 Å². The summed E-state index contributed by atoms with van der Waals surface area (Å²) in [6, 6.07) is 7.64. The third-order valence-corrected chi connectivity index (χ3v) is 3.66. The van der Waals surface area contributed by atoms with E-state index in [1.165, 1.54) is 11.3 Å². The molecule has 1 heterocycles. The minimum absolute atomic E-state index is 0.0729. The van der Waals surface area contributed by atoms with E-state index in [2.05, 4.69) is 10.3 Å². The Balaban J connectivity index is 2.26. The molecule has 1 aromatic heterocycles. The van der Waals surface area contributed by atoms with Crippen LogP contribution < -0.4 is 10.1 Å². The number of hydrogen-bond donors (Lipinski definition) is 1. The van der Waals surface area contributed by atoms with Crippen LogP contribution in [-0.2, 0) is 4.79 Å². The lowest BCUT2D eigenvalue weighted by Crippen LogP contribution is -2.12. The van der Waals surface area contributed by atoms with Gasteiger partial charge in [-0.05, 0) is 31.2 Å². The molecule has 1 N–H and O–H groups in total. The Morgan fingerprint density at radius 1 is 1.42 bits per heavy atom. The summed E-state index contributed by atoms with van der Waals surface area (Å²) < 4.78 is 5.12. The quantitative estimate of drug-likeness (QED) is 0.881. The molecule has 0 bridgehead atoms. The number of amides is 1. The van der Waals surface area contributed by atoms with Crippen LogP contribution in [0.15, 0.2) is 24.3 Å². The molecule has 0 radical (unpaired) electrons. The van der Waals surface area contributed by atoms with Crippen molar-refractivity contribution in [1.82, 2.24) is 4.98 Å².